The van der Waals surface area contributed by atoms with E-state index in [-0.39, 0.29) is 5.91 Å². The predicted molar refractivity (Wildman–Crippen MR) is 108 cm³/mol. The van der Waals surface area contributed by atoms with E-state index in [9.17, 15) is 4.79 Å². The number of piperazine rings is 1. The van der Waals surface area contributed by atoms with E-state index in [4.69, 9.17) is 11.6 Å². The smallest absolute Gasteiger partial charge is 0.255 e. The number of hydrogen-bond acceptors (Lipinski definition) is 6. The van der Waals surface area contributed by atoms with Crippen molar-refractivity contribution in [2.24, 2.45) is 0 Å². The van der Waals surface area contributed by atoms with Gasteiger partial charge in [0.15, 0.2) is 0 Å². The third-order valence-electron chi connectivity index (χ3n) is 4.77. The number of nitrogens with one attached hydrogen (secondary N) is 1. The Hall–Kier alpha value is -2.97. The van der Waals surface area contributed by atoms with Gasteiger partial charge in [0.2, 0.25) is 0 Å². The van der Waals surface area contributed by atoms with E-state index in [2.05, 4.69) is 37.7 Å². The minimum atomic E-state index is -0.215. The van der Waals surface area contributed by atoms with Crippen LogP contribution in [0.25, 0.3) is 5.69 Å². The maximum atomic E-state index is 12.9. The molecule has 1 aromatic heterocycles. The number of tetrazole rings is 1. The van der Waals surface area contributed by atoms with Gasteiger partial charge >= 0.3 is 0 Å². The van der Waals surface area contributed by atoms with Gasteiger partial charge in [-0.05, 0) is 53.9 Å². The number of rotatable bonds is 4. The van der Waals surface area contributed by atoms with Crippen molar-refractivity contribution in [2.75, 3.05) is 43.4 Å². The normalized spacial score (nSPS) is 14.9. The zero-order chi connectivity index (χ0) is 19.5. The first kappa shape index (κ1) is 18.4. The lowest BCUT2D eigenvalue weighted by atomic mass is 10.1. The number of anilines is 2. The summed E-state index contributed by atoms with van der Waals surface area (Å²) >= 11 is 6.20. The fourth-order valence-corrected chi connectivity index (χ4v) is 3.37. The van der Waals surface area contributed by atoms with E-state index in [0.717, 1.165) is 31.9 Å². The standard InChI is InChI=1S/C19H20ClN7O/c1-25-7-9-26(10-8-25)18-6-5-15(20)12-17(18)22-19(28)14-3-2-4-16(11-14)27-13-21-23-24-27/h2-6,11-13H,7-10H2,1H3,(H,22,28). The van der Waals surface area contributed by atoms with Crippen LogP contribution >= 0.6 is 11.6 Å². The molecule has 28 heavy (non-hydrogen) atoms. The summed E-state index contributed by atoms with van der Waals surface area (Å²) in [5.74, 6) is -0.215. The Labute approximate surface area is 167 Å². The van der Waals surface area contributed by atoms with Crippen LogP contribution in [0.4, 0.5) is 11.4 Å². The van der Waals surface area contributed by atoms with Gasteiger partial charge in [0.1, 0.15) is 6.33 Å². The van der Waals surface area contributed by atoms with Crippen molar-refractivity contribution in [2.45, 2.75) is 0 Å². The Morgan fingerprint density at radius 2 is 1.93 bits per heavy atom. The molecule has 0 unspecified atom stereocenters. The molecule has 0 radical (unpaired) electrons. The van der Waals surface area contributed by atoms with Gasteiger partial charge in [-0.25, -0.2) is 4.68 Å². The molecular formula is C19H20ClN7O. The number of nitrogens with zero attached hydrogens (tertiary/aromatic N) is 6. The predicted octanol–water partition coefficient (Wildman–Crippen LogP) is 2.32. The van der Waals surface area contributed by atoms with Crippen LogP contribution in [0.1, 0.15) is 10.4 Å². The fourth-order valence-electron chi connectivity index (χ4n) is 3.20. The Morgan fingerprint density at radius 3 is 2.68 bits per heavy atom. The van der Waals surface area contributed by atoms with Crippen molar-refractivity contribution < 1.29 is 4.79 Å². The fraction of sp³-hybridized carbons (Fsp3) is 0.263. The topological polar surface area (TPSA) is 79.2 Å². The number of hydrogen-bond donors (Lipinski definition) is 1. The molecule has 0 spiro atoms. The second-order valence-corrected chi connectivity index (χ2v) is 7.15. The van der Waals surface area contributed by atoms with Gasteiger partial charge < -0.3 is 15.1 Å². The van der Waals surface area contributed by atoms with E-state index < -0.39 is 0 Å². The summed E-state index contributed by atoms with van der Waals surface area (Å²) in [6.07, 6.45) is 1.49. The number of aromatic nitrogens is 4. The lowest BCUT2D eigenvalue weighted by molar-refractivity contribution is 0.102. The van der Waals surface area contributed by atoms with E-state index >= 15 is 0 Å². The Morgan fingerprint density at radius 1 is 1.11 bits per heavy atom. The number of benzene rings is 2. The zero-order valence-electron chi connectivity index (χ0n) is 15.4. The van der Waals surface area contributed by atoms with Crippen LogP contribution in [0.3, 0.4) is 0 Å². The second-order valence-electron chi connectivity index (χ2n) is 6.71. The molecule has 0 bridgehead atoms. The van der Waals surface area contributed by atoms with Crippen molar-refractivity contribution in [3.8, 4) is 5.69 Å². The summed E-state index contributed by atoms with van der Waals surface area (Å²) in [7, 11) is 2.11. The lowest BCUT2D eigenvalue weighted by Gasteiger charge is -2.35. The van der Waals surface area contributed by atoms with E-state index in [1.54, 1.807) is 24.3 Å². The Bertz CT molecular complexity index is 968. The lowest BCUT2D eigenvalue weighted by Crippen LogP contribution is -2.44. The first-order chi connectivity index (χ1) is 13.6. The third-order valence-corrected chi connectivity index (χ3v) is 5.01. The third kappa shape index (κ3) is 3.97. The van der Waals surface area contributed by atoms with Crippen LogP contribution in [0, 0.1) is 0 Å². The molecule has 144 valence electrons. The summed E-state index contributed by atoms with van der Waals surface area (Å²) in [6, 6.07) is 12.7. The highest BCUT2D eigenvalue weighted by atomic mass is 35.5. The summed E-state index contributed by atoms with van der Waals surface area (Å²) in [4.78, 5) is 17.4. The number of amides is 1. The van der Waals surface area contributed by atoms with Gasteiger partial charge in [-0.15, -0.1) is 5.10 Å². The molecule has 2 heterocycles. The molecule has 1 aliphatic rings. The van der Waals surface area contributed by atoms with E-state index in [0.29, 0.717) is 22.0 Å². The molecule has 9 heteroatoms. The van der Waals surface area contributed by atoms with E-state index in [1.165, 1.54) is 11.0 Å². The highest BCUT2D eigenvalue weighted by Crippen LogP contribution is 2.30. The number of carbonyl (C=O) groups excluding carboxylic acids is 1. The average Bonchev–Trinajstić information content (AvgIpc) is 3.24. The molecule has 0 aliphatic carbocycles. The van der Waals surface area contributed by atoms with Gasteiger partial charge in [0.05, 0.1) is 17.1 Å². The van der Waals surface area contributed by atoms with Gasteiger partial charge in [0, 0.05) is 36.8 Å². The van der Waals surface area contributed by atoms with Crippen molar-refractivity contribution in [1.29, 1.82) is 0 Å². The molecule has 3 aromatic rings. The molecule has 1 aliphatic heterocycles. The molecule has 8 nitrogen and oxygen atoms in total. The SMILES string of the molecule is CN1CCN(c2ccc(Cl)cc2NC(=O)c2cccc(-n3cnnn3)c2)CC1. The molecule has 1 fully saturated rings. The largest absolute Gasteiger partial charge is 0.367 e. The summed E-state index contributed by atoms with van der Waals surface area (Å²) in [6.45, 7) is 3.75. The van der Waals surface area contributed by atoms with Crippen LogP contribution in [0.5, 0.6) is 0 Å². The maximum absolute atomic E-state index is 12.9. The first-order valence-corrected chi connectivity index (χ1v) is 9.36. The van der Waals surface area contributed by atoms with Crippen molar-refractivity contribution >= 4 is 28.9 Å². The number of likely N-dealkylation sites (N-methyl/N-ethyl adjacent to an activating group) is 1. The minimum absolute atomic E-state index is 0.215. The van der Waals surface area contributed by atoms with Gasteiger partial charge in [-0.3, -0.25) is 4.79 Å². The molecule has 2 aromatic carbocycles. The quantitative estimate of drug-likeness (QED) is 0.727. The summed E-state index contributed by atoms with van der Waals surface area (Å²) in [5.41, 5.74) is 2.90. The molecular weight excluding hydrogens is 378 g/mol. The maximum Gasteiger partial charge on any atom is 0.255 e. The van der Waals surface area contributed by atoms with Crippen LogP contribution in [0.15, 0.2) is 48.8 Å². The Balaban J connectivity index is 1.58. The molecule has 1 amide bonds. The van der Waals surface area contributed by atoms with Gasteiger partial charge in [-0.2, -0.15) is 0 Å². The molecule has 1 saturated heterocycles. The summed E-state index contributed by atoms with van der Waals surface area (Å²) in [5, 5.41) is 14.7. The van der Waals surface area contributed by atoms with Crippen LogP contribution in [0.2, 0.25) is 5.02 Å². The van der Waals surface area contributed by atoms with Gasteiger partial charge in [-0.1, -0.05) is 17.7 Å². The van der Waals surface area contributed by atoms with Crippen LogP contribution < -0.4 is 10.2 Å². The van der Waals surface area contributed by atoms with Crippen LogP contribution in [-0.4, -0.2) is 64.2 Å². The van der Waals surface area contributed by atoms with Gasteiger partial charge in [0.25, 0.3) is 5.91 Å². The average molecular weight is 398 g/mol. The molecule has 0 saturated carbocycles. The molecule has 0 atom stereocenters. The highest BCUT2D eigenvalue weighted by molar-refractivity contribution is 6.31. The van der Waals surface area contributed by atoms with Crippen molar-refractivity contribution in [3.05, 3.63) is 59.4 Å². The number of halogens is 1. The molecule has 1 N–H and O–H groups in total. The van der Waals surface area contributed by atoms with Crippen molar-refractivity contribution in [3.63, 3.8) is 0 Å². The van der Waals surface area contributed by atoms with Crippen molar-refractivity contribution in [1.82, 2.24) is 25.1 Å². The number of carbonyl (C=O) groups is 1. The minimum Gasteiger partial charge on any atom is -0.367 e. The summed E-state index contributed by atoms with van der Waals surface area (Å²) < 4.78 is 1.51. The molecule has 4 rings (SSSR count). The first-order valence-electron chi connectivity index (χ1n) is 8.98. The highest BCUT2D eigenvalue weighted by Gasteiger charge is 2.19. The van der Waals surface area contributed by atoms with E-state index in [1.807, 2.05) is 18.2 Å². The zero-order valence-corrected chi connectivity index (χ0v) is 16.2. The van der Waals surface area contributed by atoms with Crippen LogP contribution in [-0.2, 0) is 0 Å². The Kier molecular flexibility index (Phi) is 5.23. The monoisotopic (exact) mass is 397 g/mol. The second kappa shape index (κ2) is 7.95.